The van der Waals surface area contributed by atoms with Gasteiger partial charge in [0.2, 0.25) is 5.75 Å². The number of aliphatic hydroxyl groups is 1. The Morgan fingerprint density at radius 1 is 1.15 bits per heavy atom. The molecular formula is C20H28N2O4. The Morgan fingerprint density at radius 2 is 1.85 bits per heavy atom. The predicted octanol–water partition coefficient (Wildman–Crippen LogP) is 2.90. The van der Waals surface area contributed by atoms with E-state index >= 15 is 0 Å². The highest BCUT2D eigenvalue weighted by Gasteiger charge is 2.49. The summed E-state index contributed by atoms with van der Waals surface area (Å²) in [6.07, 6.45) is 4.68. The molecule has 1 heterocycles. The minimum Gasteiger partial charge on any atom is -0.493 e. The predicted molar refractivity (Wildman–Crippen MR) is 97.5 cm³/mol. The molecule has 1 aromatic rings. The summed E-state index contributed by atoms with van der Waals surface area (Å²) in [7, 11) is 4.79. The summed E-state index contributed by atoms with van der Waals surface area (Å²) in [5.41, 5.74) is 0.342. The van der Waals surface area contributed by atoms with Gasteiger partial charge in [-0.25, -0.2) is 0 Å². The van der Waals surface area contributed by atoms with Crippen molar-refractivity contribution >= 4 is 0 Å². The fourth-order valence-electron chi connectivity index (χ4n) is 4.73. The average Bonchev–Trinajstić information content (AvgIpc) is 2.66. The molecule has 3 unspecified atom stereocenters. The van der Waals surface area contributed by atoms with E-state index in [1.807, 2.05) is 12.1 Å². The number of piperidine rings is 1. The lowest BCUT2D eigenvalue weighted by Crippen LogP contribution is -2.54. The van der Waals surface area contributed by atoms with Crippen LogP contribution in [0.25, 0.3) is 0 Å². The van der Waals surface area contributed by atoms with Gasteiger partial charge in [-0.15, -0.1) is 0 Å². The van der Waals surface area contributed by atoms with E-state index in [2.05, 4.69) is 11.0 Å². The quantitative estimate of drug-likeness (QED) is 0.814. The van der Waals surface area contributed by atoms with Crippen molar-refractivity contribution < 1.29 is 19.3 Å². The Kier molecular flexibility index (Phi) is 5.59. The van der Waals surface area contributed by atoms with Crippen LogP contribution in [-0.2, 0) is 0 Å². The van der Waals surface area contributed by atoms with Crippen molar-refractivity contribution in [1.29, 1.82) is 5.26 Å². The second-order valence-corrected chi connectivity index (χ2v) is 7.24. The number of ether oxygens (including phenoxy) is 3. The molecular weight excluding hydrogens is 332 g/mol. The highest BCUT2D eigenvalue weighted by molar-refractivity contribution is 5.54. The Labute approximate surface area is 155 Å². The zero-order valence-electron chi connectivity index (χ0n) is 15.8. The number of rotatable bonds is 5. The van der Waals surface area contributed by atoms with Crippen molar-refractivity contribution in [2.75, 3.05) is 34.4 Å². The maximum atomic E-state index is 11.3. The van der Waals surface area contributed by atoms with Crippen molar-refractivity contribution in [2.24, 2.45) is 5.92 Å². The Balaban J connectivity index is 2.08. The number of methoxy groups -OCH3 is 3. The van der Waals surface area contributed by atoms with Gasteiger partial charge < -0.3 is 19.3 Å². The second kappa shape index (κ2) is 7.73. The van der Waals surface area contributed by atoms with Crippen LogP contribution in [0.3, 0.4) is 0 Å². The zero-order valence-corrected chi connectivity index (χ0v) is 15.8. The molecule has 0 bridgehead atoms. The van der Waals surface area contributed by atoms with Gasteiger partial charge in [-0.3, -0.25) is 4.90 Å². The van der Waals surface area contributed by atoms with E-state index in [1.54, 1.807) is 21.3 Å². The molecule has 0 aromatic heterocycles. The van der Waals surface area contributed by atoms with E-state index in [0.717, 1.165) is 37.7 Å². The Hall–Kier alpha value is -1.97. The topological polar surface area (TPSA) is 75.0 Å². The van der Waals surface area contributed by atoms with Gasteiger partial charge >= 0.3 is 0 Å². The molecule has 1 aromatic carbocycles. The SMILES string of the molecule is COc1cc(C2C3CCCCC3(O)CCN2CC#N)cc(OC)c1OC. The van der Waals surface area contributed by atoms with Crippen molar-refractivity contribution in [1.82, 2.24) is 4.90 Å². The summed E-state index contributed by atoms with van der Waals surface area (Å²) < 4.78 is 16.5. The van der Waals surface area contributed by atoms with Gasteiger partial charge in [-0.1, -0.05) is 12.8 Å². The monoisotopic (exact) mass is 360 g/mol. The van der Waals surface area contributed by atoms with E-state index < -0.39 is 5.60 Å². The lowest BCUT2D eigenvalue weighted by molar-refractivity contribution is -0.121. The molecule has 2 fully saturated rings. The minimum absolute atomic E-state index is 0.0394. The van der Waals surface area contributed by atoms with Gasteiger partial charge in [-0.2, -0.15) is 5.26 Å². The standard InChI is InChI=1S/C20H28N2O4/c1-24-16-12-14(13-17(25-2)19(16)26-3)18-15-6-4-5-7-20(15,23)8-10-22(18)11-9-21/h12-13,15,18,23H,4-8,10-11H2,1-3H3. The summed E-state index contributed by atoms with van der Waals surface area (Å²) in [5.74, 6) is 1.86. The highest BCUT2D eigenvalue weighted by atomic mass is 16.5. The van der Waals surface area contributed by atoms with E-state index in [4.69, 9.17) is 14.2 Å². The van der Waals surface area contributed by atoms with Gasteiger partial charge in [0.15, 0.2) is 11.5 Å². The molecule has 1 saturated heterocycles. The number of likely N-dealkylation sites (tertiary alicyclic amines) is 1. The number of fused-ring (bicyclic) bond motifs is 1. The molecule has 142 valence electrons. The molecule has 6 heteroatoms. The zero-order chi connectivity index (χ0) is 18.7. The van der Waals surface area contributed by atoms with Crippen molar-refractivity contribution in [3.63, 3.8) is 0 Å². The fraction of sp³-hybridized carbons (Fsp3) is 0.650. The maximum Gasteiger partial charge on any atom is 0.203 e. The van der Waals surface area contributed by atoms with Crippen LogP contribution < -0.4 is 14.2 Å². The van der Waals surface area contributed by atoms with E-state index in [1.165, 1.54) is 0 Å². The van der Waals surface area contributed by atoms with Gasteiger partial charge in [-0.05, 0) is 37.0 Å². The molecule has 1 aliphatic heterocycles. The summed E-state index contributed by atoms with van der Waals surface area (Å²) in [4.78, 5) is 2.17. The van der Waals surface area contributed by atoms with Gasteiger partial charge in [0.1, 0.15) is 0 Å². The summed E-state index contributed by atoms with van der Waals surface area (Å²) in [6, 6.07) is 6.15. The van der Waals surface area contributed by atoms with Crippen molar-refractivity contribution in [3.8, 4) is 23.3 Å². The smallest absolute Gasteiger partial charge is 0.203 e. The minimum atomic E-state index is -0.657. The molecule has 26 heavy (non-hydrogen) atoms. The third-order valence-corrected chi connectivity index (χ3v) is 5.97. The maximum absolute atomic E-state index is 11.3. The number of hydrogen-bond acceptors (Lipinski definition) is 6. The third-order valence-electron chi connectivity index (χ3n) is 5.97. The van der Waals surface area contributed by atoms with Crippen LogP contribution in [0.2, 0.25) is 0 Å². The van der Waals surface area contributed by atoms with E-state index in [0.29, 0.717) is 30.3 Å². The van der Waals surface area contributed by atoms with Crippen LogP contribution in [-0.4, -0.2) is 50.0 Å². The molecule has 1 aliphatic carbocycles. The first kappa shape index (κ1) is 18.8. The largest absolute Gasteiger partial charge is 0.493 e. The Bertz CT molecular complexity index is 662. The molecule has 1 saturated carbocycles. The van der Waals surface area contributed by atoms with Crippen LogP contribution in [0, 0.1) is 17.2 Å². The van der Waals surface area contributed by atoms with Crippen LogP contribution in [0.5, 0.6) is 17.2 Å². The molecule has 6 nitrogen and oxygen atoms in total. The first-order valence-electron chi connectivity index (χ1n) is 9.21. The molecule has 0 amide bonds. The van der Waals surface area contributed by atoms with Crippen molar-refractivity contribution in [2.45, 2.75) is 43.7 Å². The summed E-state index contributed by atoms with van der Waals surface area (Å²) >= 11 is 0. The van der Waals surface area contributed by atoms with Crippen LogP contribution in [0.4, 0.5) is 0 Å². The Morgan fingerprint density at radius 3 is 2.42 bits per heavy atom. The number of benzene rings is 1. The lowest BCUT2D eigenvalue weighted by atomic mass is 9.66. The van der Waals surface area contributed by atoms with Crippen LogP contribution in [0.15, 0.2) is 12.1 Å². The summed E-state index contributed by atoms with van der Waals surface area (Å²) in [5, 5.41) is 20.6. The molecule has 3 rings (SSSR count). The van der Waals surface area contributed by atoms with Crippen molar-refractivity contribution in [3.05, 3.63) is 17.7 Å². The number of nitrogens with zero attached hydrogens (tertiary/aromatic N) is 2. The fourth-order valence-corrected chi connectivity index (χ4v) is 4.73. The summed E-state index contributed by atoms with van der Waals surface area (Å²) in [6.45, 7) is 1.05. The molecule has 0 radical (unpaired) electrons. The molecule has 1 N–H and O–H groups in total. The highest BCUT2D eigenvalue weighted by Crippen LogP contribution is 2.51. The normalized spacial score (nSPS) is 28.7. The van der Waals surface area contributed by atoms with E-state index in [-0.39, 0.29) is 12.0 Å². The van der Waals surface area contributed by atoms with E-state index in [9.17, 15) is 10.4 Å². The van der Waals surface area contributed by atoms with Gasteiger partial charge in [0.25, 0.3) is 0 Å². The van der Waals surface area contributed by atoms with Gasteiger partial charge in [0.05, 0.1) is 39.5 Å². The molecule has 0 spiro atoms. The molecule has 3 atom stereocenters. The third kappa shape index (κ3) is 3.22. The van der Waals surface area contributed by atoms with Gasteiger partial charge in [0, 0.05) is 18.5 Å². The lowest BCUT2D eigenvalue weighted by Gasteiger charge is -2.52. The first-order chi connectivity index (χ1) is 12.6. The second-order valence-electron chi connectivity index (χ2n) is 7.24. The van der Waals surface area contributed by atoms with Crippen LogP contribution >= 0.6 is 0 Å². The van der Waals surface area contributed by atoms with Crippen LogP contribution in [0.1, 0.15) is 43.7 Å². The average molecular weight is 360 g/mol. The first-order valence-corrected chi connectivity index (χ1v) is 9.21. The molecule has 2 aliphatic rings. The number of hydrogen-bond donors (Lipinski definition) is 1. The number of nitriles is 1.